The standard InChI is InChI=1S/C18H24N2/c1-3-9-20-18(13-17-8-5-10-19-14-17)12-16-7-4-6-15(2)11-16/h4-8,10-11,14,18,20H,3,9,12-13H2,1-2H3. The molecule has 1 N–H and O–H groups in total. The third kappa shape index (κ3) is 4.78. The van der Waals surface area contributed by atoms with Gasteiger partial charge >= 0.3 is 0 Å². The number of benzene rings is 1. The van der Waals surface area contributed by atoms with Crippen molar-refractivity contribution in [3.05, 3.63) is 65.5 Å². The Bertz CT molecular complexity index is 508. The van der Waals surface area contributed by atoms with Crippen LogP contribution in [0.15, 0.2) is 48.8 Å². The molecule has 0 saturated carbocycles. The minimum atomic E-state index is 0.473. The van der Waals surface area contributed by atoms with Crippen LogP contribution in [0.4, 0.5) is 0 Å². The lowest BCUT2D eigenvalue weighted by Gasteiger charge is -2.19. The molecule has 0 aliphatic rings. The smallest absolute Gasteiger partial charge is 0.0300 e. The molecule has 1 aromatic carbocycles. The van der Waals surface area contributed by atoms with Gasteiger partial charge in [0.1, 0.15) is 0 Å². The highest BCUT2D eigenvalue weighted by Gasteiger charge is 2.10. The molecular weight excluding hydrogens is 244 g/mol. The fourth-order valence-corrected chi connectivity index (χ4v) is 2.49. The van der Waals surface area contributed by atoms with Crippen LogP contribution in [0, 0.1) is 6.92 Å². The van der Waals surface area contributed by atoms with Gasteiger partial charge in [0, 0.05) is 18.4 Å². The van der Waals surface area contributed by atoms with Crippen LogP contribution in [-0.2, 0) is 12.8 Å². The van der Waals surface area contributed by atoms with E-state index < -0.39 is 0 Å². The molecule has 2 rings (SSSR count). The summed E-state index contributed by atoms with van der Waals surface area (Å²) in [5.41, 5.74) is 4.04. The number of aromatic nitrogens is 1. The van der Waals surface area contributed by atoms with E-state index in [9.17, 15) is 0 Å². The second-order valence-electron chi connectivity index (χ2n) is 5.41. The molecule has 1 atom stereocenters. The highest BCUT2D eigenvalue weighted by Crippen LogP contribution is 2.10. The number of hydrogen-bond acceptors (Lipinski definition) is 2. The molecule has 0 amide bonds. The first-order valence-electron chi connectivity index (χ1n) is 7.45. The minimum absolute atomic E-state index is 0.473. The second kappa shape index (κ2) is 7.81. The number of pyridine rings is 1. The van der Waals surface area contributed by atoms with Gasteiger partial charge in [-0.3, -0.25) is 4.98 Å². The van der Waals surface area contributed by atoms with Crippen molar-refractivity contribution in [3.8, 4) is 0 Å². The van der Waals surface area contributed by atoms with Gasteiger partial charge in [-0.1, -0.05) is 42.8 Å². The summed E-state index contributed by atoms with van der Waals surface area (Å²) in [6, 6.07) is 13.4. The second-order valence-corrected chi connectivity index (χ2v) is 5.41. The number of aryl methyl sites for hydroxylation is 1. The third-order valence-electron chi connectivity index (χ3n) is 3.45. The van der Waals surface area contributed by atoms with Gasteiger partial charge in [-0.05, 0) is 49.9 Å². The molecule has 0 bridgehead atoms. The monoisotopic (exact) mass is 268 g/mol. The Morgan fingerprint density at radius 1 is 1.10 bits per heavy atom. The van der Waals surface area contributed by atoms with E-state index in [1.54, 1.807) is 0 Å². The molecule has 1 heterocycles. The van der Waals surface area contributed by atoms with Gasteiger partial charge in [-0.2, -0.15) is 0 Å². The molecule has 1 unspecified atom stereocenters. The van der Waals surface area contributed by atoms with E-state index >= 15 is 0 Å². The molecular formula is C18H24N2. The average molecular weight is 268 g/mol. The van der Waals surface area contributed by atoms with Crippen LogP contribution in [0.2, 0.25) is 0 Å². The van der Waals surface area contributed by atoms with Gasteiger partial charge in [-0.15, -0.1) is 0 Å². The predicted molar refractivity (Wildman–Crippen MR) is 84.9 cm³/mol. The number of rotatable bonds is 7. The summed E-state index contributed by atoms with van der Waals surface area (Å²) in [6.45, 7) is 5.43. The van der Waals surface area contributed by atoms with Crippen LogP contribution >= 0.6 is 0 Å². The molecule has 106 valence electrons. The normalized spacial score (nSPS) is 12.3. The number of nitrogens with zero attached hydrogens (tertiary/aromatic N) is 1. The van der Waals surface area contributed by atoms with Gasteiger partial charge in [-0.25, -0.2) is 0 Å². The molecule has 1 aromatic heterocycles. The van der Waals surface area contributed by atoms with Crippen molar-refractivity contribution in [2.24, 2.45) is 0 Å². The van der Waals surface area contributed by atoms with Crippen LogP contribution in [0.1, 0.15) is 30.0 Å². The highest BCUT2D eigenvalue weighted by atomic mass is 14.9. The maximum Gasteiger partial charge on any atom is 0.0300 e. The Hall–Kier alpha value is -1.67. The maximum atomic E-state index is 4.21. The molecule has 0 aliphatic carbocycles. The first kappa shape index (κ1) is 14.7. The number of nitrogens with one attached hydrogen (secondary N) is 1. The molecule has 0 fully saturated rings. The van der Waals surface area contributed by atoms with Gasteiger partial charge in [0.15, 0.2) is 0 Å². The Morgan fingerprint density at radius 2 is 1.90 bits per heavy atom. The molecule has 20 heavy (non-hydrogen) atoms. The molecule has 2 heteroatoms. The maximum absolute atomic E-state index is 4.21. The zero-order chi connectivity index (χ0) is 14.2. The van der Waals surface area contributed by atoms with Crippen LogP contribution < -0.4 is 5.32 Å². The topological polar surface area (TPSA) is 24.9 Å². The summed E-state index contributed by atoms with van der Waals surface area (Å²) < 4.78 is 0. The fourth-order valence-electron chi connectivity index (χ4n) is 2.49. The lowest BCUT2D eigenvalue weighted by molar-refractivity contribution is 0.504. The Morgan fingerprint density at radius 3 is 2.60 bits per heavy atom. The van der Waals surface area contributed by atoms with Crippen molar-refractivity contribution in [3.63, 3.8) is 0 Å². The van der Waals surface area contributed by atoms with Crippen LogP contribution in [0.3, 0.4) is 0 Å². The van der Waals surface area contributed by atoms with E-state index in [0.29, 0.717) is 6.04 Å². The molecule has 0 spiro atoms. The van der Waals surface area contributed by atoms with Crippen molar-refractivity contribution < 1.29 is 0 Å². The highest BCUT2D eigenvalue weighted by molar-refractivity contribution is 5.23. The SMILES string of the molecule is CCCNC(Cc1cccnc1)Cc1cccc(C)c1. The Kier molecular flexibility index (Phi) is 5.75. The Balaban J connectivity index is 2.03. The molecule has 0 aliphatic heterocycles. The van der Waals surface area contributed by atoms with Crippen LogP contribution in [0.25, 0.3) is 0 Å². The summed E-state index contributed by atoms with van der Waals surface area (Å²) in [5, 5.41) is 3.66. The largest absolute Gasteiger partial charge is 0.313 e. The molecule has 0 saturated heterocycles. The fraction of sp³-hybridized carbons (Fsp3) is 0.389. The zero-order valence-corrected chi connectivity index (χ0v) is 12.5. The van der Waals surface area contributed by atoms with E-state index in [1.165, 1.54) is 16.7 Å². The zero-order valence-electron chi connectivity index (χ0n) is 12.5. The van der Waals surface area contributed by atoms with Crippen LogP contribution in [-0.4, -0.2) is 17.6 Å². The van der Waals surface area contributed by atoms with Crippen molar-refractivity contribution in [1.29, 1.82) is 0 Å². The van der Waals surface area contributed by atoms with Crippen molar-refractivity contribution in [1.82, 2.24) is 10.3 Å². The predicted octanol–water partition coefficient (Wildman–Crippen LogP) is 3.54. The van der Waals surface area contributed by atoms with Crippen molar-refractivity contribution in [2.45, 2.75) is 39.2 Å². The third-order valence-corrected chi connectivity index (χ3v) is 3.45. The molecule has 2 aromatic rings. The summed E-state index contributed by atoms with van der Waals surface area (Å²) >= 11 is 0. The Labute approximate surface area is 122 Å². The van der Waals surface area contributed by atoms with E-state index in [-0.39, 0.29) is 0 Å². The average Bonchev–Trinajstić information content (AvgIpc) is 2.46. The van der Waals surface area contributed by atoms with Gasteiger partial charge in [0.05, 0.1) is 0 Å². The van der Waals surface area contributed by atoms with E-state index in [4.69, 9.17) is 0 Å². The van der Waals surface area contributed by atoms with Crippen molar-refractivity contribution in [2.75, 3.05) is 6.54 Å². The number of hydrogen-bond donors (Lipinski definition) is 1. The molecule has 0 radical (unpaired) electrons. The first-order valence-corrected chi connectivity index (χ1v) is 7.45. The van der Waals surface area contributed by atoms with Crippen LogP contribution in [0.5, 0.6) is 0 Å². The van der Waals surface area contributed by atoms with Gasteiger partial charge in [0.2, 0.25) is 0 Å². The van der Waals surface area contributed by atoms with E-state index in [0.717, 1.165) is 25.8 Å². The molecule has 2 nitrogen and oxygen atoms in total. The summed E-state index contributed by atoms with van der Waals surface area (Å²) in [4.78, 5) is 4.21. The first-order chi connectivity index (χ1) is 9.78. The van der Waals surface area contributed by atoms with Gasteiger partial charge < -0.3 is 5.32 Å². The van der Waals surface area contributed by atoms with E-state index in [2.05, 4.69) is 54.5 Å². The summed E-state index contributed by atoms with van der Waals surface area (Å²) in [6.07, 6.45) is 7.06. The van der Waals surface area contributed by atoms with E-state index in [1.807, 2.05) is 18.5 Å². The summed E-state index contributed by atoms with van der Waals surface area (Å²) in [7, 11) is 0. The lowest BCUT2D eigenvalue weighted by atomic mass is 9.98. The minimum Gasteiger partial charge on any atom is -0.313 e. The lowest BCUT2D eigenvalue weighted by Crippen LogP contribution is -2.33. The van der Waals surface area contributed by atoms with Crippen molar-refractivity contribution >= 4 is 0 Å². The summed E-state index contributed by atoms with van der Waals surface area (Å²) in [5.74, 6) is 0. The quantitative estimate of drug-likeness (QED) is 0.830. The van der Waals surface area contributed by atoms with Gasteiger partial charge in [0.25, 0.3) is 0 Å².